The largest absolute Gasteiger partial charge is 0.386 e. The molecular formula is C17H18Br2N4O2. The molecule has 0 saturated carbocycles. The number of ether oxygens (including phenoxy) is 1. The third-order valence-electron chi connectivity index (χ3n) is 3.09. The molecule has 0 atom stereocenters. The number of rotatable bonds is 7. The van der Waals surface area contributed by atoms with Crippen molar-refractivity contribution in [2.45, 2.75) is 13.5 Å². The Morgan fingerprint density at radius 2 is 2.08 bits per heavy atom. The van der Waals surface area contributed by atoms with Gasteiger partial charge in [-0.1, -0.05) is 15.9 Å². The molecular weight excluding hydrogens is 452 g/mol. The summed E-state index contributed by atoms with van der Waals surface area (Å²) in [4.78, 5) is 20.6. The molecule has 0 fully saturated rings. The molecule has 0 aliphatic rings. The molecule has 1 aromatic heterocycles. The van der Waals surface area contributed by atoms with Crippen molar-refractivity contribution in [3.05, 3.63) is 56.7 Å². The highest BCUT2D eigenvalue weighted by molar-refractivity contribution is 9.10. The van der Waals surface area contributed by atoms with E-state index in [2.05, 4.69) is 47.2 Å². The monoisotopic (exact) mass is 468 g/mol. The number of hydrogen-bond acceptors (Lipinski definition) is 4. The first-order valence-corrected chi connectivity index (χ1v) is 9.15. The Bertz CT molecular complexity index is 764. The molecule has 0 spiro atoms. The number of hydrogen-bond donors (Lipinski definition) is 2. The molecule has 1 amide bonds. The first kappa shape index (κ1) is 19.6. The molecule has 1 heterocycles. The lowest BCUT2D eigenvalue weighted by atomic mass is 10.2. The Morgan fingerprint density at radius 3 is 2.76 bits per heavy atom. The van der Waals surface area contributed by atoms with E-state index in [9.17, 15) is 4.79 Å². The quantitative estimate of drug-likeness (QED) is 0.477. The number of benzene rings is 1. The van der Waals surface area contributed by atoms with Crippen molar-refractivity contribution in [2.24, 2.45) is 10.7 Å². The van der Waals surface area contributed by atoms with Gasteiger partial charge >= 0.3 is 0 Å². The number of aromatic nitrogens is 1. The van der Waals surface area contributed by atoms with Crippen LogP contribution in [-0.2, 0) is 11.3 Å². The first-order chi connectivity index (χ1) is 12.0. The molecule has 2 aromatic rings. The third kappa shape index (κ3) is 6.56. The molecule has 0 saturated heterocycles. The van der Waals surface area contributed by atoms with E-state index in [0.29, 0.717) is 37.0 Å². The van der Waals surface area contributed by atoms with E-state index in [-0.39, 0.29) is 5.91 Å². The zero-order valence-corrected chi connectivity index (χ0v) is 16.8. The number of carbonyl (C=O) groups is 1. The highest BCUT2D eigenvalue weighted by atomic mass is 79.9. The first-order valence-electron chi connectivity index (χ1n) is 7.57. The van der Waals surface area contributed by atoms with E-state index in [1.807, 2.05) is 25.1 Å². The van der Waals surface area contributed by atoms with Crippen LogP contribution in [0.15, 0.2) is 50.5 Å². The van der Waals surface area contributed by atoms with Gasteiger partial charge in [0.15, 0.2) is 0 Å². The van der Waals surface area contributed by atoms with Crippen LogP contribution in [0.1, 0.15) is 23.0 Å². The molecule has 0 aliphatic carbocycles. The summed E-state index contributed by atoms with van der Waals surface area (Å²) in [5, 5.41) is 2.83. The minimum Gasteiger partial charge on any atom is -0.386 e. The maximum absolute atomic E-state index is 12.3. The summed E-state index contributed by atoms with van der Waals surface area (Å²) in [5.41, 5.74) is 7.68. The number of halogens is 2. The van der Waals surface area contributed by atoms with Gasteiger partial charge in [-0.3, -0.25) is 9.79 Å². The van der Waals surface area contributed by atoms with E-state index < -0.39 is 0 Å². The van der Waals surface area contributed by atoms with Gasteiger partial charge in [-0.05, 0) is 58.7 Å². The van der Waals surface area contributed by atoms with Crippen molar-refractivity contribution >= 4 is 49.3 Å². The van der Waals surface area contributed by atoms with Crippen molar-refractivity contribution < 1.29 is 9.53 Å². The van der Waals surface area contributed by atoms with Crippen LogP contribution in [0.2, 0.25) is 0 Å². The summed E-state index contributed by atoms with van der Waals surface area (Å²) in [7, 11) is 0. The molecule has 132 valence electrons. The molecule has 6 nitrogen and oxygen atoms in total. The van der Waals surface area contributed by atoms with Gasteiger partial charge in [0.25, 0.3) is 5.91 Å². The predicted molar refractivity (Wildman–Crippen MR) is 106 cm³/mol. The number of amidine groups is 1. The number of aliphatic imine (C=N–C) groups is 1. The number of anilines is 1. The van der Waals surface area contributed by atoms with E-state index >= 15 is 0 Å². The third-order valence-corrected chi connectivity index (χ3v) is 4.02. The number of nitrogens with one attached hydrogen (secondary N) is 1. The Kier molecular flexibility index (Phi) is 7.54. The van der Waals surface area contributed by atoms with Crippen LogP contribution in [0, 0.1) is 0 Å². The fraction of sp³-hybridized carbons (Fsp3) is 0.235. The van der Waals surface area contributed by atoms with E-state index in [1.54, 1.807) is 18.3 Å². The van der Waals surface area contributed by atoms with Crippen LogP contribution in [0.25, 0.3) is 0 Å². The summed E-state index contributed by atoms with van der Waals surface area (Å²) < 4.78 is 6.86. The zero-order valence-electron chi connectivity index (χ0n) is 13.6. The van der Waals surface area contributed by atoms with E-state index in [1.165, 1.54) is 0 Å². The van der Waals surface area contributed by atoms with Crippen LogP contribution >= 0.6 is 31.9 Å². The van der Waals surface area contributed by atoms with Crippen molar-refractivity contribution in [3.63, 3.8) is 0 Å². The van der Waals surface area contributed by atoms with Crippen molar-refractivity contribution in [3.8, 4) is 0 Å². The summed E-state index contributed by atoms with van der Waals surface area (Å²) in [6.45, 7) is 3.20. The van der Waals surface area contributed by atoms with Gasteiger partial charge in [0.1, 0.15) is 18.1 Å². The molecule has 1 aromatic carbocycles. The topological polar surface area (TPSA) is 89.6 Å². The number of carbonyl (C=O) groups excluding carboxylic acids is 1. The van der Waals surface area contributed by atoms with Gasteiger partial charge in [0.2, 0.25) is 0 Å². The zero-order chi connectivity index (χ0) is 18.2. The smallest absolute Gasteiger partial charge is 0.274 e. The van der Waals surface area contributed by atoms with Gasteiger partial charge in [-0.15, -0.1) is 0 Å². The molecule has 0 aliphatic heterocycles. The molecule has 2 rings (SSSR count). The van der Waals surface area contributed by atoms with Crippen molar-refractivity contribution in [1.29, 1.82) is 0 Å². The molecule has 0 bridgehead atoms. The highest BCUT2D eigenvalue weighted by Crippen LogP contribution is 2.21. The lowest BCUT2D eigenvalue weighted by molar-refractivity contribution is 0.102. The number of nitrogens with zero attached hydrogens (tertiary/aromatic N) is 2. The average Bonchev–Trinajstić information content (AvgIpc) is 2.58. The molecule has 3 N–H and O–H groups in total. The molecule has 25 heavy (non-hydrogen) atoms. The standard InChI is InChI=1S/C17H18Br2N4O2/c1-2-25-10-16(20)22-8-11-5-13(19)7-14(6-11)23-17(24)15-4-3-12(18)9-21-15/h3-7,9H,2,8,10H2,1H3,(H2,20,22)(H,23,24). The van der Waals surface area contributed by atoms with Crippen LogP contribution in [0.4, 0.5) is 5.69 Å². The Balaban J connectivity index is 2.07. The van der Waals surface area contributed by atoms with Gasteiger partial charge < -0.3 is 15.8 Å². The van der Waals surface area contributed by atoms with Gasteiger partial charge in [-0.25, -0.2) is 4.98 Å². The van der Waals surface area contributed by atoms with Gasteiger partial charge in [-0.2, -0.15) is 0 Å². The normalized spacial score (nSPS) is 11.4. The maximum atomic E-state index is 12.3. The van der Waals surface area contributed by atoms with Crippen LogP contribution in [0.3, 0.4) is 0 Å². The van der Waals surface area contributed by atoms with Gasteiger partial charge in [0, 0.05) is 27.4 Å². The van der Waals surface area contributed by atoms with E-state index in [4.69, 9.17) is 10.5 Å². The molecule has 0 unspecified atom stereocenters. The lowest BCUT2D eigenvalue weighted by Gasteiger charge is -2.08. The Hall–Kier alpha value is -1.77. The second-order valence-corrected chi connectivity index (χ2v) is 6.94. The number of pyridine rings is 1. The Labute approximate surface area is 163 Å². The van der Waals surface area contributed by atoms with Crippen molar-refractivity contribution in [1.82, 2.24) is 4.98 Å². The van der Waals surface area contributed by atoms with Crippen LogP contribution in [0.5, 0.6) is 0 Å². The second-order valence-electron chi connectivity index (χ2n) is 5.11. The average molecular weight is 470 g/mol. The SMILES string of the molecule is CCOCC(N)=NCc1cc(Br)cc(NC(=O)c2ccc(Br)cn2)c1. The van der Waals surface area contributed by atoms with Crippen molar-refractivity contribution in [2.75, 3.05) is 18.5 Å². The fourth-order valence-corrected chi connectivity index (χ4v) is 2.74. The van der Waals surface area contributed by atoms with E-state index in [0.717, 1.165) is 14.5 Å². The summed E-state index contributed by atoms with van der Waals surface area (Å²) in [5.74, 6) is 0.155. The summed E-state index contributed by atoms with van der Waals surface area (Å²) >= 11 is 6.73. The summed E-state index contributed by atoms with van der Waals surface area (Å²) in [6, 6.07) is 9.00. The van der Waals surface area contributed by atoms with Gasteiger partial charge in [0.05, 0.1) is 6.54 Å². The minimum atomic E-state index is -0.282. The highest BCUT2D eigenvalue weighted by Gasteiger charge is 2.09. The predicted octanol–water partition coefficient (Wildman–Crippen LogP) is 3.75. The number of nitrogens with two attached hydrogens (primary N) is 1. The fourth-order valence-electron chi connectivity index (χ4n) is 1.96. The Morgan fingerprint density at radius 1 is 1.28 bits per heavy atom. The maximum Gasteiger partial charge on any atom is 0.274 e. The minimum absolute atomic E-state index is 0.282. The second kappa shape index (κ2) is 9.65. The number of amides is 1. The van der Waals surface area contributed by atoms with Crippen LogP contribution < -0.4 is 11.1 Å². The lowest BCUT2D eigenvalue weighted by Crippen LogP contribution is -2.19. The summed E-state index contributed by atoms with van der Waals surface area (Å²) in [6.07, 6.45) is 1.58. The van der Waals surface area contributed by atoms with Crippen LogP contribution in [-0.4, -0.2) is 29.9 Å². The molecule has 0 radical (unpaired) electrons. The molecule has 8 heteroatoms.